The van der Waals surface area contributed by atoms with Gasteiger partial charge in [-0.3, -0.25) is 9.69 Å². The molecule has 1 saturated carbocycles. The molecule has 0 bridgehead atoms. The van der Waals surface area contributed by atoms with Crippen molar-refractivity contribution in [3.8, 4) is 11.1 Å². The number of morpholine rings is 1. The monoisotopic (exact) mass is 493 g/mol. The second-order valence-electron chi connectivity index (χ2n) is 10.0. The molecule has 36 heavy (non-hydrogen) atoms. The van der Waals surface area contributed by atoms with Crippen molar-refractivity contribution in [3.63, 3.8) is 0 Å². The van der Waals surface area contributed by atoms with Crippen molar-refractivity contribution in [2.24, 2.45) is 5.92 Å². The molecule has 1 heterocycles. The van der Waals surface area contributed by atoms with Crippen LogP contribution in [0.1, 0.15) is 43.2 Å². The van der Waals surface area contributed by atoms with Crippen LogP contribution in [0, 0.1) is 12.8 Å². The van der Waals surface area contributed by atoms with E-state index in [9.17, 15) is 9.90 Å². The highest BCUT2D eigenvalue weighted by molar-refractivity contribution is 5.66. The molecule has 6 nitrogen and oxygen atoms in total. The highest BCUT2D eigenvalue weighted by atomic mass is 16.5. The van der Waals surface area contributed by atoms with Gasteiger partial charge in [0.25, 0.3) is 0 Å². The molecule has 0 spiro atoms. The second kappa shape index (κ2) is 13.2. The molecule has 2 N–H and O–H groups in total. The number of carbonyl (C=O) groups is 1. The number of aliphatic hydroxyl groups is 1. The molecule has 6 heteroatoms. The lowest BCUT2D eigenvalue weighted by atomic mass is 9.94. The van der Waals surface area contributed by atoms with E-state index >= 15 is 0 Å². The number of benzene rings is 2. The normalized spacial score (nSPS) is 24.9. The van der Waals surface area contributed by atoms with Crippen molar-refractivity contribution in [2.75, 3.05) is 26.3 Å². The number of allylic oxidation sites excluding steroid dienone is 2. The molecule has 2 aromatic carbocycles. The smallest absolute Gasteiger partial charge is 0.303 e. The van der Waals surface area contributed by atoms with Crippen LogP contribution in [-0.2, 0) is 20.9 Å². The van der Waals surface area contributed by atoms with Crippen molar-refractivity contribution in [1.82, 2.24) is 4.90 Å². The minimum absolute atomic E-state index is 0.0340. The third-order valence-electron chi connectivity index (χ3n) is 7.39. The average molecular weight is 494 g/mol. The lowest BCUT2D eigenvalue weighted by Gasteiger charge is -2.37. The maximum atomic E-state index is 11.0. The highest BCUT2D eigenvalue weighted by Crippen LogP contribution is 2.36. The molecule has 1 aliphatic carbocycles. The van der Waals surface area contributed by atoms with E-state index in [4.69, 9.17) is 14.6 Å². The Hall–Kier alpha value is -2.51. The van der Waals surface area contributed by atoms with E-state index < -0.39 is 12.1 Å². The summed E-state index contributed by atoms with van der Waals surface area (Å²) in [6.45, 7) is 5.65. The summed E-state index contributed by atoms with van der Waals surface area (Å²) < 4.78 is 12.0. The van der Waals surface area contributed by atoms with Crippen LogP contribution in [0.2, 0.25) is 0 Å². The number of hydrogen-bond acceptors (Lipinski definition) is 5. The Morgan fingerprint density at radius 2 is 1.72 bits per heavy atom. The fraction of sp³-hybridized carbons (Fsp3) is 0.500. The van der Waals surface area contributed by atoms with Gasteiger partial charge in [-0.25, -0.2) is 0 Å². The zero-order chi connectivity index (χ0) is 25.3. The Balaban J connectivity index is 1.38. The van der Waals surface area contributed by atoms with Crippen LogP contribution in [0.25, 0.3) is 11.1 Å². The summed E-state index contributed by atoms with van der Waals surface area (Å²) in [5, 5.41) is 19.8. The number of ether oxygens (including phenoxy) is 2. The summed E-state index contributed by atoms with van der Waals surface area (Å²) in [4.78, 5) is 13.1. The molecule has 0 unspecified atom stereocenters. The molecule has 0 radical (unpaired) electrons. The van der Waals surface area contributed by atoms with Crippen LogP contribution in [0.4, 0.5) is 0 Å². The number of carboxylic acid groups (broad SMARTS) is 1. The van der Waals surface area contributed by atoms with Gasteiger partial charge in [0, 0.05) is 37.9 Å². The molecular weight excluding hydrogens is 454 g/mol. The van der Waals surface area contributed by atoms with E-state index in [1.54, 1.807) is 0 Å². The molecule has 194 valence electrons. The van der Waals surface area contributed by atoms with Gasteiger partial charge in [-0.15, -0.1) is 0 Å². The molecule has 4 atom stereocenters. The lowest BCUT2D eigenvalue weighted by molar-refractivity contribution is -0.137. The fourth-order valence-electron chi connectivity index (χ4n) is 5.42. The van der Waals surface area contributed by atoms with Crippen molar-refractivity contribution in [1.29, 1.82) is 0 Å². The first-order valence-corrected chi connectivity index (χ1v) is 13.2. The third kappa shape index (κ3) is 7.26. The van der Waals surface area contributed by atoms with Crippen LogP contribution in [0.5, 0.6) is 0 Å². The molecule has 1 saturated heterocycles. The van der Waals surface area contributed by atoms with Gasteiger partial charge in [-0.05, 0) is 42.9 Å². The van der Waals surface area contributed by atoms with Gasteiger partial charge >= 0.3 is 5.97 Å². The number of carboxylic acids is 1. The summed E-state index contributed by atoms with van der Waals surface area (Å²) in [6, 6.07) is 17.1. The van der Waals surface area contributed by atoms with E-state index in [-0.39, 0.29) is 24.5 Å². The minimum atomic E-state index is -0.755. The Bertz CT molecular complexity index is 981. The Kier molecular flexibility index (Phi) is 9.70. The van der Waals surface area contributed by atoms with E-state index in [2.05, 4.69) is 72.5 Å². The van der Waals surface area contributed by atoms with Gasteiger partial charge in [-0.1, -0.05) is 66.2 Å². The summed E-state index contributed by atoms with van der Waals surface area (Å²) in [7, 11) is 0. The van der Waals surface area contributed by atoms with Crippen molar-refractivity contribution in [2.45, 2.75) is 63.9 Å². The first kappa shape index (κ1) is 26.6. The molecule has 4 rings (SSSR count). The predicted octanol–water partition coefficient (Wildman–Crippen LogP) is 4.83. The van der Waals surface area contributed by atoms with Gasteiger partial charge in [0.15, 0.2) is 0 Å². The zero-order valence-electron chi connectivity index (χ0n) is 21.2. The standard InChI is InChI=1S/C30H39NO5/c1-22-8-12-24(13-9-22)25-14-10-23(11-15-25)21-36-28-20-27(32)30(31-16-18-35-19-17-31)26(28)6-4-2-3-5-7-29(33)34/h2,4,8-15,26-28,30,32H,3,5-7,16-21H2,1H3,(H,33,34)/t26-,27+,28-,30+/m0/s1. The highest BCUT2D eigenvalue weighted by Gasteiger charge is 2.45. The van der Waals surface area contributed by atoms with Crippen molar-refractivity contribution in [3.05, 3.63) is 71.8 Å². The Morgan fingerprint density at radius 3 is 2.39 bits per heavy atom. The van der Waals surface area contributed by atoms with E-state index in [0.29, 0.717) is 32.7 Å². The number of unbranched alkanes of at least 4 members (excludes halogenated alkanes) is 1. The molecule has 0 amide bonds. The van der Waals surface area contributed by atoms with Crippen molar-refractivity contribution < 1.29 is 24.5 Å². The molecule has 2 aliphatic rings. The number of hydrogen-bond donors (Lipinski definition) is 2. The molecule has 2 aromatic rings. The Labute approximate surface area is 214 Å². The van der Waals surface area contributed by atoms with Gasteiger partial charge < -0.3 is 19.7 Å². The first-order valence-electron chi connectivity index (χ1n) is 13.2. The van der Waals surface area contributed by atoms with E-state index in [1.165, 1.54) is 16.7 Å². The number of aliphatic hydroxyl groups excluding tert-OH is 1. The summed E-state index contributed by atoms with van der Waals surface area (Å²) in [6.07, 6.45) is 6.78. The quantitative estimate of drug-likeness (QED) is 0.345. The maximum absolute atomic E-state index is 11.0. The van der Waals surface area contributed by atoms with Gasteiger partial charge in [0.2, 0.25) is 0 Å². The maximum Gasteiger partial charge on any atom is 0.303 e. The summed E-state index contributed by atoms with van der Waals surface area (Å²) in [5.41, 5.74) is 4.77. The SMILES string of the molecule is Cc1ccc(-c2ccc(CO[C@H]3C[C@@H](O)[C@H](N4CCOCC4)[C@H]3CC=CCCCC(=O)O)cc2)cc1. The largest absolute Gasteiger partial charge is 0.481 e. The van der Waals surface area contributed by atoms with Crippen LogP contribution in [-0.4, -0.2) is 65.6 Å². The van der Waals surface area contributed by atoms with Crippen LogP contribution >= 0.6 is 0 Å². The molecular formula is C30H39NO5. The summed E-state index contributed by atoms with van der Waals surface area (Å²) in [5.74, 6) is -0.573. The Morgan fingerprint density at radius 1 is 1.06 bits per heavy atom. The topological polar surface area (TPSA) is 79.2 Å². The number of rotatable bonds is 11. The zero-order valence-corrected chi connectivity index (χ0v) is 21.2. The molecule has 2 fully saturated rings. The van der Waals surface area contributed by atoms with Crippen LogP contribution in [0.3, 0.4) is 0 Å². The number of aliphatic carboxylic acids is 1. The summed E-state index contributed by atoms with van der Waals surface area (Å²) >= 11 is 0. The van der Waals surface area contributed by atoms with E-state index in [0.717, 1.165) is 31.5 Å². The fourth-order valence-corrected chi connectivity index (χ4v) is 5.42. The lowest BCUT2D eigenvalue weighted by Crippen LogP contribution is -2.50. The van der Waals surface area contributed by atoms with Crippen LogP contribution < -0.4 is 0 Å². The first-order chi connectivity index (χ1) is 17.5. The van der Waals surface area contributed by atoms with Crippen molar-refractivity contribution >= 4 is 5.97 Å². The van der Waals surface area contributed by atoms with Crippen LogP contribution in [0.15, 0.2) is 60.7 Å². The minimum Gasteiger partial charge on any atom is -0.481 e. The predicted molar refractivity (Wildman–Crippen MR) is 141 cm³/mol. The average Bonchev–Trinajstić information content (AvgIpc) is 3.20. The third-order valence-corrected chi connectivity index (χ3v) is 7.39. The number of nitrogens with zero attached hydrogens (tertiary/aromatic N) is 1. The van der Waals surface area contributed by atoms with Gasteiger partial charge in [0.05, 0.1) is 32.0 Å². The molecule has 1 aliphatic heterocycles. The number of aryl methyl sites for hydroxylation is 1. The van der Waals surface area contributed by atoms with E-state index in [1.807, 2.05) is 0 Å². The second-order valence-corrected chi connectivity index (χ2v) is 10.0. The molecule has 0 aromatic heterocycles. The van der Waals surface area contributed by atoms with Gasteiger partial charge in [-0.2, -0.15) is 0 Å². The van der Waals surface area contributed by atoms with Gasteiger partial charge in [0.1, 0.15) is 0 Å².